The van der Waals surface area contributed by atoms with Crippen molar-refractivity contribution < 1.29 is 32.7 Å². The van der Waals surface area contributed by atoms with Gasteiger partial charge in [0, 0.05) is 61.7 Å². The first-order chi connectivity index (χ1) is 23.7. The molecular weight excluding hydrogens is 700 g/mol. The lowest BCUT2D eigenvalue weighted by atomic mass is 9.62. The number of carbonyl (C=O) groups excluding carboxylic acids is 3. The molecule has 3 aliphatic rings. The van der Waals surface area contributed by atoms with E-state index in [1.807, 2.05) is 11.8 Å². The van der Waals surface area contributed by atoms with Crippen molar-refractivity contribution in [1.29, 1.82) is 0 Å². The van der Waals surface area contributed by atoms with Gasteiger partial charge in [0.25, 0.3) is 11.8 Å². The molecule has 0 unspecified atom stereocenters. The van der Waals surface area contributed by atoms with Crippen LogP contribution in [0.25, 0.3) is 11.3 Å². The van der Waals surface area contributed by atoms with Gasteiger partial charge in [-0.2, -0.15) is 18.3 Å². The number of nitrogens with one attached hydrogen (secondary N) is 3. The van der Waals surface area contributed by atoms with Crippen LogP contribution in [0.1, 0.15) is 64.8 Å². The van der Waals surface area contributed by atoms with Crippen LogP contribution in [0.15, 0.2) is 30.6 Å². The number of alkyl halides is 4. The Kier molecular flexibility index (Phi) is 10.2. The number of hydrogen-bond acceptors (Lipinski definition) is 7. The molecule has 1 aromatic carbocycles. The van der Waals surface area contributed by atoms with Crippen LogP contribution in [0, 0.1) is 11.3 Å². The largest absolute Gasteiger partial charge is 0.435 e. The molecule has 1 aliphatic carbocycles. The minimum atomic E-state index is -4.78. The van der Waals surface area contributed by atoms with E-state index in [1.165, 1.54) is 6.20 Å². The number of aliphatic hydroxyl groups excluding tert-OH is 1. The van der Waals surface area contributed by atoms with E-state index in [4.69, 9.17) is 23.2 Å². The van der Waals surface area contributed by atoms with E-state index in [0.29, 0.717) is 50.1 Å². The Morgan fingerprint density at radius 1 is 1.10 bits per heavy atom. The van der Waals surface area contributed by atoms with Gasteiger partial charge in [0.2, 0.25) is 5.91 Å². The predicted octanol–water partition coefficient (Wildman–Crippen LogP) is 3.93. The molecule has 0 radical (unpaired) electrons. The summed E-state index contributed by atoms with van der Waals surface area (Å²) in [6, 6.07) is 4.80. The number of aromatic amines is 1. The van der Waals surface area contributed by atoms with Crippen molar-refractivity contribution in [3.05, 3.63) is 58.3 Å². The van der Waals surface area contributed by atoms with Crippen molar-refractivity contribution in [2.24, 2.45) is 11.3 Å². The molecule has 3 aromatic rings. The van der Waals surface area contributed by atoms with E-state index in [9.17, 15) is 32.7 Å². The van der Waals surface area contributed by atoms with Gasteiger partial charge in [-0.1, -0.05) is 17.7 Å². The van der Waals surface area contributed by atoms with Crippen LogP contribution >= 0.6 is 23.2 Å². The first-order valence-electron chi connectivity index (χ1n) is 16.5. The smallest absolute Gasteiger partial charge is 0.396 e. The van der Waals surface area contributed by atoms with Crippen molar-refractivity contribution in [3.8, 4) is 11.3 Å². The summed E-state index contributed by atoms with van der Waals surface area (Å²) in [5, 5.41) is 19.8. The van der Waals surface area contributed by atoms with Gasteiger partial charge in [-0.25, -0.2) is 4.98 Å². The van der Waals surface area contributed by atoms with Gasteiger partial charge in [0.1, 0.15) is 0 Å². The van der Waals surface area contributed by atoms with Crippen LogP contribution in [0.4, 0.5) is 13.2 Å². The summed E-state index contributed by atoms with van der Waals surface area (Å²) in [5.74, 6) is -0.955. The molecule has 4 N–H and O–H groups in total. The van der Waals surface area contributed by atoms with Crippen LogP contribution < -0.4 is 10.6 Å². The summed E-state index contributed by atoms with van der Waals surface area (Å²) in [6.45, 7) is 5.00. The second-order valence-corrected chi connectivity index (χ2v) is 15.1. The highest BCUT2D eigenvalue weighted by Crippen LogP contribution is 2.53. The maximum Gasteiger partial charge on any atom is 0.435 e. The lowest BCUT2D eigenvalue weighted by Gasteiger charge is -2.50. The number of hydrogen-bond donors (Lipinski definition) is 4. The second-order valence-electron chi connectivity index (χ2n) is 13.8. The molecule has 3 fully saturated rings. The van der Waals surface area contributed by atoms with Crippen molar-refractivity contribution >= 4 is 40.9 Å². The third-order valence-corrected chi connectivity index (χ3v) is 10.3. The number of aromatic nitrogens is 4. The lowest BCUT2D eigenvalue weighted by Crippen LogP contribution is -2.52. The number of piperidine rings is 1. The van der Waals surface area contributed by atoms with E-state index in [-0.39, 0.29) is 59.5 Å². The minimum Gasteiger partial charge on any atom is -0.396 e. The zero-order valence-electron chi connectivity index (χ0n) is 27.5. The number of halogens is 5. The van der Waals surface area contributed by atoms with Gasteiger partial charge < -0.3 is 30.5 Å². The van der Waals surface area contributed by atoms with Gasteiger partial charge in [0.15, 0.2) is 11.5 Å². The van der Waals surface area contributed by atoms with Gasteiger partial charge in [-0.15, -0.1) is 11.6 Å². The molecule has 3 amide bonds. The monoisotopic (exact) mass is 738 g/mol. The van der Waals surface area contributed by atoms with E-state index in [0.717, 1.165) is 36.8 Å². The number of benzene rings is 1. The summed E-state index contributed by atoms with van der Waals surface area (Å²) in [7, 11) is 0. The highest BCUT2D eigenvalue weighted by atomic mass is 35.5. The summed E-state index contributed by atoms with van der Waals surface area (Å²) in [6.07, 6.45) is 0.0568. The molecule has 0 atom stereocenters. The maximum absolute atomic E-state index is 14.0. The number of H-pyrrole nitrogens is 1. The molecule has 6 rings (SSSR count). The number of carbonyl (C=O) groups is 3. The Labute approximate surface area is 296 Å². The van der Waals surface area contributed by atoms with E-state index >= 15 is 0 Å². The molecule has 4 heterocycles. The molecule has 1 saturated carbocycles. The highest BCUT2D eigenvalue weighted by Gasteiger charge is 2.51. The minimum absolute atomic E-state index is 0.00893. The van der Waals surface area contributed by atoms with Gasteiger partial charge >= 0.3 is 6.18 Å². The Bertz CT molecular complexity index is 1740. The summed E-state index contributed by atoms with van der Waals surface area (Å²) < 4.78 is 43.1. The Balaban J connectivity index is 1.05. The molecular formula is C33H39Cl2F3N8O4. The summed E-state index contributed by atoms with van der Waals surface area (Å²) >= 11 is 12.8. The van der Waals surface area contributed by atoms with Crippen LogP contribution in [0.2, 0.25) is 5.02 Å². The summed E-state index contributed by atoms with van der Waals surface area (Å²) in [4.78, 5) is 48.7. The normalized spacial score (nSPS) is 23.1. The second kappa shape index (κ2) is 14.2. The fourth-order valence-electron chi connectivity index (χ4n) is 7.35. The summed E-state index contributed by atoms with van der Waals surface area (Å²) in [5.41, 5.74) is -1.27. The van der Waals surface area contributed by atoms with Crippen molar-refractivity contribution in [2.75, 3.05) is 45.9 Å². The molecule has 2 aliphatic heterocycles. The van der Waals surface area contributed by atoms with Crippen molar-refractivity contribution in [1.82, 2.24) is 40.2 Å². The van der Waals surface area contributed by atoms with Crippen molar-refractivity contribution in [2.45, 2.75) is 56.7 Å². The number of rotatable bonds is 9. The van der Waals surface area contributed by atoms with Gasteiger partial charge in [0.05, 0.1) is 34.6 Å². The van der Waals surface area contributed by atoms with Crippen LogP contribution in [-0.2, 0) is 24.1 Å². The molecule has 0 spiro atoms. The average Bonchev–Trinajstić information content (AvgIpc) is 3.74. The van der Waals surface area contributed by atoms with Crippen molar-refractivity contribution in [3.63, 3.8) is 0 Å². The topological polar surface area (TPSA) is 148 Å². The molecule has 2 saturated heterocycles. The highest BCUT2D eigenvalue weighted by molar-refractivity contribution is 6.33. The lowest BCUT2D eigenvalue weighted by molar-refractivity contribution is -0.141. The number of piperazine rings is 1. The zero-order valence-corrected chi connectivity index (χ0v) is 29.0. The van der Waals surface area contributed by atoms with Crippen LogP contribution in [0.5, 0.6) is 0 Å². The quantitative estimate of drug-likeness (QED) is 0.243. The third kappa shape index (κ3) is 7.80. The first kappa shape index (κ1) is 36.1. The van der Waals surface area contributed by atoms with Crippen LogP contribution in [-0.4, -0.2) is 103 Å². The number of aliphatic hydroxyl groups is 1. The number of amides is 3. The van der Waals surface area contributed by atoms with E-state index in [2.05, 4.69) is 25.7 Å². The van der Waals surface area contributed by atoms with Gasteiger partial charge in [-0.3, -0.25) is 19.1 Å². The Morgan fingerprint density at radius 3 is 2.40 bits per heavy atom. The molecule has 270 valence electrons. The Morgan fingerprint density at radius 2 is 1.78 bits per heavy atom. The average molecular weight is 740 g/mol. The maximum atomic E-state index is 14.0. The SMILES string of the molecule is CC1(Cl)CC(CO)(Cn2cc(-c3cnc(C(=O)NCc4ccc(C(=O)N5CCN(C(=O)C6CCNCC6)CC5)c(Cl)c4)[nH]3)c(C(F)(F)F)n2)C1. The fraction of sp³-hybridized carbons (Fsp3) is 0.545. The standard InChI is InChI=1S/C33H39Cl2F3N8O4/c1-31(35)16-32(17-31,19-47)18-46-15-23(26(43-46)33(36,37)38)25-14-40-27(42-25)28(48)41-13-20-2-3-22(24(34)12-20)30(50)45-10-8-44(9-11-45)29(49)21-4-6-39-7-5-21/h2-3,12,14-15,21,39,47H,4-11,13,16-19H2,1H3,(H,40,42)(H,41,48). The molecule has 17 heteroatoms. The molecule has 0 bridgehead atoms. The van der Waals surface area contributed by atoms with E-state index in [1.54, 1.807) is 23.1 Å². The van der Waals surface area contributed by atoms with Gasteiger partial charge in [-0.05, 0) is 63.4 Å². The predicted molar refractivity (Wildman–Crippen MR) is 179 cm³/mol. The zero-order chi connectivity index (χ0) is 35.8. The molecule has 12 nitrogen and oxygen atoms in total. The number of nitrogens with zero attached hydrogens (tertiary/aromatic N) is 5. The molecule has 50 heavy (non-hydrogen) atoms. The third-order valence-electron chi connectivity index (χ3n) is 9.72. The Hall–Kier alpha value is -3.66. The fourth-order valence-corrected chi connectivity index (χ4v) is 8.20. The van der Waals surface area contributed by atoms with E-state index < -0.39 is 28.1 Å². The number of imidazole rings is 1. The first-order valence-corrected chi connectivity index (χ1v) is 17.3. The molecule has 2 aromatic heterocycles. The van der Waals surface area contributed by atoms with Crippen LogP contribution in [0.3, 0.4) is 0 Å².